The molecule has 6 nitrogen and oxygen atoms in total. The van der Waals surface area contributed by atoms with E-state index in [1.165, 1.54) is 0 Å². The molecule has 0 atom stereocenters. The van der Waals surface area contributed by atoms with E-state index >= 15 is 0 Å². The maximum Gasteiger partial charge on any atom is 0.251 e. The Morgan fingerprint density at radius 3 is 2.69 bits per heavy atom. The molecule has 0 spiro atoms. The number of nitrogens with zero attached hydrogens (tertiary/aromatic N) is 2. The fourth-order valence-electron chi connectivity index (χ4n) is 2.91. The van der Waals surface area contributed by atoms with Gasteiger partial charge in [-0.1, -0.05) is 0 Å². The molecular formula is C18H25F2N5O. The van der Waals surface area contributed by atoms with Crippen LogP contribution in [0.5, 0.6) is 5.75 Å². The monoisotopic (exact) mass is 365 g/mol. The van der Waals surface area contributed by atoms with Crippen LogP contribution >= 0.6 is 0 Å². The normalized spacial score (nSPS) is 16.7. The van der Waals surface area contributed by atoms with Gasteiger partial charge in [0.15, 0.2) is 5.82 Å². The number of H-pyrrole nitrogens is 1. The third-order valence-corrected chi connectivity index (χ3v) is 4.32. The highest BCUT2D eigenvalue weighted by Crippen LogP contribution is 2.30. The van der Waals surface area contributed by atoms with E-state index < -0.39 is 5.92 Å². The topological polar surface area (TPSA) is 91.0 Å². The Balaban J connectivity index is 0.00000261. The number of ether oxygens (including phenoxy) is 1. The summed E-state index contributed by atoms with van der Waals surface area (Å²) in [5.74, 6) is -1.41. The van der Waals surface area contributed by atoms with Gasteiger partial charge in [0.25, 0.3) is 5.92 Å². The number of rotatable bonds is 5. The first-order valence-electron chi connectivity index (χ1n) is 8.59. The van der Waals surface area contributed by atoms with Crippen LogP contribution in [-0.4, -0.2) is 41.0 Å². The van der Waals surface area contributed by atoms with Crippen LogP contribution in [0.1, 0.15) is 39.4 Å². The first kappa shape index (κ1) is 18.2. The highest BCUT2D eigenvalue weighted by atomic mass is 19.3. The zero-order valence-corrected chi connectivity index (χ0v) is 14.9. The van der Waals surface area contributed by atoms with Crippen LogP contribution in [0.25, 0.3) is 0 Å². The first-order chi connectivity index (χ1) is 12.2. The maximum atomic E-state index is 13.3. The van der Waals surface area contributed by atoms with Crippen LogP contribution in [0.3, 0.4) is 0 Å². The van der Waals surface area contributed by atoms with Crippen molar-refractivity contribution in [2.75, 3.05) is 23.7 Å². The summed E-state index contributed by atoms with van der Waals surface area (Å²) in [6, 6.07) is 6.88. The van der Waals surface area contributed by atoms with Crippen molar-refractivity contribution in [3.63, 3.8) is 0 Å². The molecule has 0 aliphatic carbocycles. The molecule has 0 radical (unpaired) electrons. The lowest BCUT2D eigenvalue weighted by Gasteiger charge is -2.31. The highest BCUT2D eigenvalue weighted by molar-refractivity contribution is 6.13. The zero-order chi connectivity index (χ0) is 18.9. The number of alkyl halides is 2. The molecule has 4 N–H and O–H groups in total. The van der Waals surface area contributed by atoms with Crippen LogP contribution in [0.2, 0.25) is 0 Å². The molecular weight excluding hydrogens is 340 g/mol. The molecule has 0 bridgehead atoms. The van der Waals surface area contributed by atoms with Gasteiger partial charge in [-0.15, -0.1) is 0 Å². The Morgan fingerprint density at radius 2 is 2.04 bits per heavy atom. The fourth-order valence-corrected chi connectivity index (χ4v) is 2.91. The number of halogens is 2. The molecule has 26 heavy (non-hydrogen) atoms. The van der Waals surface area contributed by atoms with Crippen LogP contribution < -0.4 is 15.4 Å². The predicted octanol–water partition coefficient (Wildman–Crippen LogP) is 3.68. The van der Waals surface area contributed by atoms with Crippen molar-refractivity contribution in [3.05, 3.63) is 35.5 Å². The molecule has 2 aromatic rings. The number of nitrogen functional groups attached to an aromatic ring is 1. The molecule has 0 saturated carbocycles. The molecule has 8 heteroatoms. The van der Waals surface area contributed by atoms with Gasteiger partial charge in [-0.3, -0.25) is 10.5 Å². The molecule has 142 valence electrons. The van der Waals surface area contributed by atoms with E-state index in [0.717, 1.165) is 0 Å². The lowest BCUT2D eigenvalue weighted by atomic mass is 10.0. The Kier molecular flexibility index (Phi) is 4.84. The third-order valence-electron chi connectivity index (χ3n) is 4.32. The van der Waals surface area contributed by atoms with Gasteiger partial charge in [-0.05, 0) is 32.0 Å². The number of nitrogens with one attached hydrogen (secondary N) is 2. The molecule has 3 rings (SSSR count). The van der Waals surface area contributed by atoms with Gasteiger partial charge in [0, 0.05) is 44.7 Å². The van der Waals surface area contributed by atoms with Crippen molar-refractivity contribution in [2.45, 2.75) is 38.7 Å². The number of aromatic amines is 1. The van der Waals surface area contributed by atoms with Crippen LogP contribution in [-0.2, 0) is 0 Å². The first-order valence-corrected chi connectivity index (χ1v) is 8.59. The fraction of sp³-hybridized carbons (Fsp3) is 0.444. The van der Waals surface area contributed by atoms with Crippen molar-refractivity contribution in [1.29, 1.82) is 5.41 Å². The van der Waals surface area contributed by atoms with E-state index in [1.807, 2.05) is 13.8 Å². The summed E-state index contributed by atoms with van der Waals surface area (Å²) in [7, 11) is 0. The number of nitrogens with two attached hydrogens (primary N) is 1. The summed E-state index contributed by atoms with van der Waals surface area (Å²) >= 11 is 0. The molecule has 2 heterocycles. The average molecular weight is 365 g/mol. The lowest BCUT2D eigenvalue weighted by molar-refractivity contribution is -0.0221. The molecule has 1 aromatic carbocycles. The number of hydrogen-bond acceptors (Lipinski definition) is 5. The van der Waals surface area contributed by atoms with Gasteiger partial charge in [-0.2, -0.15) is 5.10 Å². The zero-order valence-electron chi connectivity index (χ0n) is 14.9. The van der Waals surface area contributed by atoms with Gasteiger partial charge >= 0.3 is 0 Å². The number of anilines is 2. The minimum Gasteiger partial charge on any atom is -0.491 e. The van der Waals surface area contributed by atoms with Crippen LogP contribution in [0.4, 0.5) is 20.3 Å². The van der Waals surface area contributed by atoms with Gasteiger partial charge in [0.2, 0.25) is 0 Å². The third kappa shape index (κ3) is 3.95. The number of hydrogen-bond donors (Lipinski definition) is 3. The van der Waals surface area contributed by atoms with E-state index in [-0.39, 0.29) is 39.2 Å². The standard InChI is InChI=1S/C18H23F2N5O.H2/c1-11(2)26-12-3-4-14(21)13(9-12)17(22)15-10-16(24-23-15)25-7-5-18(19,20)6-8-25;/h3-4,9-11,22H,5-8,21H2,1-2H3,(H,23,24);1H. The number of aromatic nitrogens is 2. The predicted molar refractivity (Wildman–Crippen MR) is 99.6 cm³/mol. The smallest absolute Gasteiger partial charge is 0.251 e. The highest BCUT2D eigenvalue weighted by Gasteiger charge is 2.34. The molecule has 1 aromatic heterocycles. The number of benzene rings is 1. The minimum atomic E-state index is -2.60. The second-order valence-electron chi connectivity index (χ2n) is 6.77. The van der Waals surface area contributed by atoms with Crippen molar-refractivity contribution in [1.82, 2.24) is 10.2 Å². The van der Waals surface area contributed by atoms with Crippen molar-refractivity contribution >= 4 is 17.2 Å². The Hall–Kier alpha value is -2.64. The number of piperidine rings is 1. The summed E-state index contributed by atoms with van der Waals surface area (Å²) < 4.78 is 32.3. The Labute approximate surface area is 152 Å². The van der Waals surface area contributed by atoms with E-state index in [4.69, 9.17) is 15.9 Å². The van der Waals surface area contributed by atoms with Gasteiger partial charge < -0.3 is 15.4 Å². The summed E-state index contributed by atoms with van der Waals surface area (Å²) in [6.45, 7) is 4.32. The molecule has 1 aliphatic rings. The second-order valence-corrected chi connectivity index (χ2v) is 6.77. The minimum absolute atomic E-state index is 0. The summed E-state index contributed by atoms with van der Waals surface area (Å²) in [4.78, 5) is 1.80. The molecule has 1 fully saturated rings. The van der Waals surface area contributed by atoms with Crippen LogP contribution in [0, 0.1) is 5.41 Å². The van der Waals surface area contributed by atoms with Gasteiger partial charge in [-0.25, -0.2) is 8.78 Å². The lowest BCUT2D eigenvalue weighted by Crippen LogP contribution is -2.39. The summed E-state index contributed by atoms with van der Waals surface area (Å²) in [5.41, 5.74) is 7.66. The average Bonchev–Trinajstić information content (AvgIpc) is 3.05. The van der Waals surface area contributed by atoms with E-state index in [2.05, 4.69) is 10.2 Å². The van der Waals surface area contributed by atoms with Gasteiger partial charge in [0.05, 0.1) is 17.5 Å². The van der Waals surface area contributed by atoms with Gasteiger partial charge in [0.1, 0.15) is 5.75 Å². The van der Waals surface area contributed by atoms with Crippen LogP contribution in [0.15, 0.2) is 24.3 Å². The quantitative estimate of drug-likeness (QED) is 0.557. The molecule has 1 saturated heterocycles. The molecule has 1 aliphatic heterocycles. The summed E-state index contributed by atoms with van der Waals surface area (Å²) in [5, 5.41) is 15.4. The largest absolute Gasteiger partial charge is 0.491 e. The van der Waals surface area contributed by atoms with Crippen molar-refractivity contribution in [3.8, 4) is 5.75 Å². The molecule has 0 unspecified atom stereocenters. The van der Waals surface area contributed by atoms with E-state index in [0.29, 0.717) is 28.5 Å². The Bertz CT molecular complexity index is 799. The van der Waals surface area contributed by atoms with E-state index in [1.54, 1.807) is 29.2 Å². The summed E-state index contributed by atoms with van der Waals surface area (Å²) in [6.07, 6.45) is -0.362. The second kappa shape index (κ2) is 6.93. The van der Waals surface area contributed by atoms with Crippen molar-refractivity contribution in [2.24, 2.45) is 0 Å². The molecule has 0 amide bonds. The Morgan fingerprint density at radius 1 is 1.35 bits per heavy atom. The SMILES string of the molecule is CC(C)Oc1ccc(N)c(C(=N)c2cc(N3CCC(F)(F)CC3)n[nH]2)c1.[HH]. The van der Waals surface area contributed by atoms with E-state index in [9.17, 15) is 8.78 Å². The van der Waals surface area contributed by atoms with Crippen molar-refractivity contribution < 1.29 is 14.9 Å². The maximum absolute atomic E-state index is 13.3.